The van der Waals surface area contributed by atoms with Crippen molar-refractivity contribution in [3.8, 4) is 0 Å². The smallest absolute Gasteiger partial charge is 0.407 e. The molecule has 25 heavy (non-hydrogen) atoms. The summed E-state index contributed by atoms with van der Waals surface area (Å²) in [4.78, 5) is 26.0. The van der Waals surface area contributed by atoms with Gasteiger partial charge in [-0.15, -0.1) is 0 Å². The second kappa shape index (κ2) is 8.85. The zero-order chi connectivity index (χ0) is 18.3. The Bertz CT molecular complexity index is 566. The van der Waals surface area contributed by atoms with Crippen molar-refractivity contribution in [1.29, 1.82) is 0 Å². The van der Waals surface area contributed by atoms with Gasteiger partial charge in [0.05, 0.1) is 6.10 Å². The fourth-order valence-corrected chi connectivity index (χ4v) is 2.78. The molecule has 0 aromatic heterocycles. The van der Waals surface area contributed by atoms with Crippen LogP contribution in [0.3, 0.4) is 0 Å². The zero-order valence-electron chi connectivity index (χ0n) is 15.0. The van der Waals surface area contributed by atoms with Gasteiger partial charge in [-0.2, -0.15) is 0 Å². The normalized spacial score (nSPS) is 15.7. The quantitative estimate of drug-likeness (QED) is 0.827. The van der Waals surface area contributed by atoms with Gasteiger partial charge in [0.25, 0.3) is 0 Å². The minimum atomic E-state index is -0.481. The minimum Gasteiger partial charge on any atom is -0.445 e. The number of hydrogen-bond acceptors (Lipinski definition) is 4. The van der Waals surface area contributed by atoms with E-state index in [-0.39, 0.29) is 24.0 Å². The van der Waals surface area contributed by atoms with E-state index in [2.05, 4.69) is 5.32 Å². The van der Waals surface area contributed by atoms with Crippen LogP contribution in [-0.4, -0.2) is 47.7 Å². The number of aliphatic hydroxyl groups is 1. The van der Waals surface area contributed by atoms with Crippen LogP contribution in [0.2, 0.25) is 0 Å². The van der Waals surface area contributed by atoms with Crippen LogP contribution in [0.4, 0.5) is 4.79 Å². The predicted molar refractivity (Wildman–Crippen MR) is 94.8 cm³/mol. The number of hydrogen-bond donors (Lipinski definition) is 2. The lowest BCUT2D eigenvalue weighted by atomic mass is 9.88. The van der Waals surface area contributed by atoms with Gasteiger partial charge in [-0.25, -0.2) is 4.79 Å². The van der Waals surface area contributed by atoms with E-state index < -0.39 is 6.09 Å². The molecule has 0 bridgehead atoms. The molecule has 138 valence electrons. The SMILES string of the molecule is CC(C)(CNC(=O)OCc1ccccc1)CC(=O)N1CCC(O)CC1. The first-order chi connectivity index (χ1) is 11.9. The van der Waals surface area contributed by atoms with Crippen LogP contribution in [0.25, 0.3) is 0 Å². The highest BCUT2D eigenvalue weighted by Gasteiger charge is 2.28. The molecule has 1 fully saturated rings. The summed E-state index contributed by atoms with van der Waals surface area (Å²) in [5.74, 6) is 0.0661. The number of benzene rings is 1. The molecule has 2 rings (SSSR count). The summed E-state index contributed by atoms with van der Waals surface area (Å²) in [5.41, 5.74) is 0.568. The van der Waals surface area contributed by atoms with Gasteiger partial charge < -0.3 is 20.1 Å². The molecule has 0 unspecified atom stereocenters. The highest BCUT2D eigenvalue weighted by molar-refractivity contribution is 5.77. The Morgan fingerprint density at radius 2 is 1.88 bits per heavy atom. The number of carbonyl (C=O) groups is 2. The number of carbonyl (C=O) groups excluding carboxylic acids is 2. The largest absolute Gasteiger partial charge is 0.445 e. The van der Waals surface area contributed by atoms with Crippen LogP contribution < -0.4 is 5.32 Å². The number of amides is 2. The summed E-state index contributed by atoms with van der Waals surface area (Å²) in [7, 11) is 0. The maximum absolute atomic E-state index is 12.4. The summed E-state index contributed by atoms with van der Waals surface area (Å²) < 4.78 is 5.18. The average molecular weight is 348 g/mol. The lowest BCUT2D eigenvalue weighted by Crippen LogP contribution is -2.43. The van der Waals surface area contributed by atoms with Gasteiger partial charge in [-0.3, -0.25) is 4.79 Å². The molecule has 0 saturated carbocycles. The molecule has 6 heteroatoms. The number of alkyl carbamates (subject to hydrolysis) is 1. The topological polar surface area (TPSA) is 78.9 Å². The van der Waals surface area contributed by atoms with E-state index in [9.17, 15) is 14.7 Å². The Morgan fingerprint density at radius 3 is 2.52 bits per heavy atom. The minimum absolute atomic E-state index is 0.0661. The Morgan fingerprint density at radius 1 is 1.24 bits per heavy atom. The number of rotatable bonds is 6. The second-order valence-corrected chi connectivity index (χ2v) is 7.37. The Kier molecular flexibility index (Phi) is 6.82. The molecule has 2 N–H and O–H groups in total. The van der Waals surface area contributed by atoms with Crippen LogP contribution in [0.5, 0.6) is 0 Å². The number of ether oxygens (including phenoxy) is 1. The number of likely N-dealkylation sites (tertiary alicyclic amines) is 1. The van der Waals surface area contributed by atoms with Crippen molar-refractivity contribution in [2.24, 2.45) is 5.41 Å². The molecule has 0 atom stereocenters. The molecule has 0 spiro atoms. The predicted octanol–water partition coefficient (Wildman–Crippen LogP) is 2.31. The standard InChI is InChI=1S/C19H28N2O4/c1-19(2,12-17(23)21-10-8-16(22)9-11-21)14-20-18(24)25-13-15-6-4-3-5-7-15/h3-7,16,22H,8-14H2,1-2H3,(H,20,24). The summed E-state index contributed by atoms with van der Waals surface area (Å²) in [6.45, 7) is 5.68. The fraction of sp³-hybridized carbons (Fsp3) is 0.579. The highest BCUT2D eigenvalue weighted by Crippen LogP contribution is 2.22. The second-order valence-electron chi connectivity index (χ2n) is 7.37. The lowest BCUT2D eigenvalue weighted by Gasteiger charge is -2.33. The third-order valence-corrected chi connectivity index (χ3v) is 4.37. The lowest BCUT2D eigenvalue weighted by molar-refractivity contribution is -0.135. The number of aliphatic hydroxyl groups excluding tert-OH is 1. The van der Waals surface area contributed by atoms with E-state index in [4.69, 9.17) is 4.74 Å². The number of piperidine rings is 1. The van der Waals surface area contributed by atoms with E-state index in [1.165, 1.54) is 0 Å². The van der Waals surface area contributed by atoms with Crippen molar-refractivity contribution in [3.63, 3.8) is 0 Å². The average Bonchev–Trinajstić information content (AvgIpc) is 2.59. The van der Waals surface area contributed by atoms with Crippen molar-refractivity contribution in [1.82, 2.24) is 10.2 Å². The van der Waals surface area contributed by atoms with Gasteiger partial charge in [-0.1, -0.05) is 44.2 Å². The van der Waals surface area contributed by atoms with E-state index in [0.29, 0.717) is 38.9 Å². The molecule has 1 heterocycles. The first-order valence-electron chi connectivity index (χ1n) is 8.76. The Labute approximate surface area is 149 Å². The number of nitrogens with one attached hydrogen (secondary N) is 1. The molecule has 1 aliphatic heterocycles. The molecule has 1 aliphatic rings. The highest BCUT2D eigenvalue weighted by atomic mass is 16.5. The number of nitrogens with zero attached hydrogens (tertiary/aromatic N) is 1. The van der Waals surface area contributed by atoms with Crippen molar-refractivity contribution in [2.45, 2.75) is 45.8 Å². The monoisotopic (exact) mass is 348 g/mol. The maximum Gasteiger partial charge on any atom is 0.407 e. The Hall–Kier alpha value is -2.08. The van der Waals surface area contributed by atoms with Crippen LogP contribution in [0, 0.1) is 5.41 Å². The maximum atomic E-state index is 12.4. The van der Waals surface area contributed by atoms with Gasteiger partial charge in [0.2, 0.25) is 5.91 Å². The first kappa shape index (κ1) is 19.2. The van der Waals surface area contributed by atoms with Gasteiger partial charge in [0.1, 0.15) is 6.61 Å². The molecule has 1 aromatic carbocycles. The molecular weight excluding hydrogens is 320 g/mol. The molecule has 0 radical (unpaired) electrons. The van der Waals surface area contributed by atoms with Gasteiger partial charge in [-0.05, 0) is 23.8 Å². The van der Waals surface area contributed by atoms with E-state index >= 15 is 0 Å². The molecule has 2 amide bonds. The first-order valence-corrected chi connectivity index (χ1v) is 8.76. The Balaban J connectivity index is 1.70. The molecule has 1 aromatic rings. The summed E-state index contributed by atoms with van der Waals surface area (Å²) in [5, 5.41) is 12.3. The van der Waals surface area contributed by atoms with Crippen LogP contribution in [0.1, 0.15) is 38.7 Å². The molecule has 0 aliphatic carbocycles. The molecule has 6 nitrogen and oxygen atoms in total. The van der Waals surface area contributed by atoms with Crippen molar-refractivity contribution in [3.05, 3.63) is 35.9 Å². The third kappa shape index (κ3) is 6.74. The van der Waals surface area contributed by atoms with E-state index in [1.54, 1.807) is 4.90 Å². The van der Waals surface area contributed by atoms with Gasteiger partial charge in [0, 0.05) is 26.1 Å². The molecule has 1 saturated heterocycles. The van der Waals surface area contributed by atoms with E-state index in [1.807, 2.05) is 44.2 Å². The fourth-order valence-electron chi connectivity index (χ4n) is 2.78. The summed E-state index contributed by atoms with van der Waals surface area (Å²) >= 11 is 0. The van der Waals surface area contributed by atoms with Crippen LogP contribution in [0.15, 0.2) is 30.3 Å². The van der Waals surface area contributed by atoms with Gasteiger partial charge in [0.15, 0.2) is 0 Å². The van der Waals surface area contributed by atoms with Crippen molar-refractivity contribution >= 4 is 12.0 Å². The zero-order valence-corrected chi connectivity index (χ0v) is 15.0. The summed E-state index contributed by atoms with van der Waals surface area (Å²) in [6.07, 6.45) is 0.845. The molecular formula is C19H28N2O4. The van der Waals surface area contributed by atoms with E-state index in [0.717, 1.165) is 5.56 Å². The van der Waals surface area contributed by atoms with Crippen LogP contribution >= 0.6 is 0 Å². The third-order valence-electron chi connectivity index (χ3n) is 4.37. The van der Waals surface area contributed by atoms with Gasteiger partial charge >= 0.3 is 6.09 Å². The van der Waals surface area contributed by atoms with Crippen molar-refractivity contribution < 1.29 is 19.4 Å². The summed E-state index contributed by atoms with van der Waals surface area (Å²) in [6, 6.07) is 9.48. The van der Waals surface area contributed by atoms with Crippen LogP contribution in [-0.2, 0) is 16.1 Å². The van der Waals surface area contributed by atoms with Crippen molar-refractivity contribution in [2.75, 3.05) is 19.6 Å².